The van der Waals surface area contributed by atoms with Crippen molar-refractivity contribution in [3.05, 3.63) is 34.9 Å². The standard InChI is InChI=1S/C17H22N4O4/c18-6-12(9-22)19-7-10-1-2-11-8-21(17(25)13(11)5-10)14-3-4-15(23)20-16(14)24/h1-2,5,12,14,19,22H,3-4,6-9,18H2,(H,20,23,24)/t12-,14?/m1/s1. The van der Waals surface area contributed by atoms with Crippen molar-refractivity contribution in [2.75, 3.05) is 13.2 Å². The van der Waals surface area contributed by atoms with E-state index < -0.39 is 11.9 Å². The number of aliphatic hydroxyl groups excluding tert-OH is 1. The second-order valence-electron chi connectivity index (χ2n) is 6.39. The lowest BCUT2D eigenvalue weighted by molar-refractivity contribution is -0.136. The minimum Gasteiger partial charge on any atom is -0.395 e. The van der Waals surface area contributed by atoms with Gasteiger partial charge in [0, 0.05) is 37.7 Å². The third-order valence-corrected chi connectivity index (χ3v) is 4.69. The Labute approximate surface area is 145 Å². The number of piperidine rings is 1. The topological polar surface area (TPSA) is 125 Å². The molecule has 2 heterocycles. The van der Waals surface area contributed by atoms with Gasteiger partial charge in [-0.05, 0) is 23.6 Å². The summed E-state index contributed by atoms with van der Waals surface area (Å²) in [6.07, 6.45) is 0.598. The highest BCUT2D eigenvalue weighted by Gasteiger charge is 2.39. The molecule has 1 aromatic carbocycles. The van der Waals surface area contributed by atoms with Gasteiger partial charge in [-0.2, -0.15) is 0 Å². The van der Waals surface area contributed by atoms with Crippen LogP contribution in [-0.2, 0) is 22.7 Å². The average Bonchev–Trinajstić information content (AvgIpc) is 2.92. The van der Waals surface area contributed by atoms with Crippen LogP contribution in [0, 0.1) is 0 Å². The van der Waals surface area contributed by atoms with E-state index >= 15 is 0 Å². The Bertz CT molecular complexity index is 702. The third kappa shape index (κ3) is 3.55. The Morgan fingerprint density at radius 1 is 1.36 bits per heavy atom. The molecule has 1 saturated heterocycles. The van der Waals surface area contributed by atoms with Gasteiger partial charge < -0.3 is 21.1 Å². The molecule has 2 aliphatic heterocycles. The van der Waals surface area contributed by atoms with E-state index in [1.807, 2.05) is 18.2 Å². The summed E-state index contributed by atoms with van der Waals surface area (Å²) < 4.78 is 0. The van der Waals surface area contributed by atoms with Gasteiger partial charge in [0.05, 0.1) is 6.61 Å². The van der Waals surface area contributed by atoms with Gasteiger partial charge >= 0.3 is 0 Å². The Hall–Kier alpha value is -2.29. The summed E-state index contributed by atoms with van der Waals surface area (Å²) in [5.74, 6) is -0.894. The Balaban J connectivity index is 1.71. The summed E-state index contributed by atoms with van der Waals surface area (Å²) in [7, 11) is 0. The number of benzene rings is 1. The molecule has 8 heteroatoms. The monoisotopic (exact) mass is 346 g/mol. The Morgan fingerprint density at radius 2 is 2.16 bits per heavy atom. The first-order chi connectivity index (χ1) is 12.0. The molecule has 0 saturated carbocycles. The summed E-state index contributed by atoms with van der Waals surface area (Å²) in [6, 6.07) is 4.81. The number of carbonyl (C=O) groups is 3. The van der Waals surface area contributed by atoms with Gasteiger partial charge in [0.15, 0.2) is 0 Å². The predicted octanol–water partition coefficient (Wildman–Crippen LogP) is -1.14. The van der Waals surface area contributed by atoms with Gasteiger partial charge in [-0.3, -0.25) is 19.7 Å². The van der Waals surface area contributed by atoms with E-state index in [0.29, 0.717) is 31.6 Å². The van der Waals surface area contributed by atoms with Crippen molar-refractivity contribution in [1.29, 1.82) is 0 Å². The number of amides is 3. The van der Waals surface area contributed by atoms with Crippen LogP contribution in [0.2, 0.25) is 0 Å². The van der Waals surface area contributed by atoms with Gasteiger partial charge in [0.25, 0.3) is 5.91 Å². The van der Waals surface area contributed by atoms with Gasteiger partial charge in [-0.15, -0.1) is 0 Å². The fraction of sp³-hybridized carbons (Fsp3) is 0.471. The smallest absolute Gasteiger partial charge is 0.255 e. The lowest BCUT2D eigenvalue weighted by Crippen LogP contribution is -2.52. The summed E-state index contributed by atoms with van der Waals surface area (Å²) in [6.45, 7) is 1.13. The van der Waals surface area contributed by atoms with Gasteiger partial charge in [-0.25, -0.2) is 0 Å². The molecule has 3 amide bonds. The molecule has 25 heavy (non-hydrogen) atoms. The number of hydrogen-bond acceptors (Lipinski definition) is 6. The maximum Gasteiger partial charge on any atom is 0.255 e. The van der Waals surface area contributed by atoms with Crippen molar-refractivity contribution in [1.82, 2.24) is 15.5 Å². The summed E-state index contributed by atoms with van der Waals surface area (Å²) in [4.78, 5) is 37.5. The number of aliphatic hydroxyl groups is 1. The second kappa shape index (κ2) is 7.30. The number of fused-ring (bicyclic) bond motifs is 1. The number of nitrogens with zero attached hydrogens (tertiary/aromatic N) is 1. The normalized spacial score (nSPS) is 21.3. The van der Waals surface area contributed by atoms with E-state index in [1.165, 1.54) is 4.90 Å². The first-order valence-corrected chi connectivity index (χ1v) is 8.34. The van der Waals surface area contributed by atoms with E-state index in [1.54, 1.807) is 0 Å². The molecule has 0 aliphatic carbocycles. The molecule has 134 valence electrons. The van der Waals surface area contributed by atoms with Crippen molar-refractivity contribution in [2.45, 2.75) is 38.0 Å². The molecule has 8 nitrogen and oxygen atoms in total. The highest BCUT2D eigenvalue weighted by molar-refractivity contribution is 6.05. The zero-order chi connectivity index (χ0) is 18.0. The third-order valence-electron chi connectivity index (χ3n) is 4.69. The molecule has 0 bridgehead atoms. The number of hydrogen-bond donors (Lipinski definition) is 4. The minimum absolute atomic E-state index is 0.0519. The highest BCUT2D eigenvalue weighted by Crippen LogP contribution is 2.28. The molecule has 2 aliphatic rings. The lowest BCUT2D eigenvalue weighted by Gasteiger charge is -2.29. The number of nitrogens with one attached hydrogen (secondary N) is 2. The Kier molecular flexibility index (Phi) is 5.12. The van der Waals surface area contributed by atoms with Crippen molar-refractivity contribution in [2.24, 2.45) is 5.73 Å². The zero-order valence-electron chi connectivity index (χ0n) is 13.8. The molecule has 1 fully saturated rings. The molecule has 0 spiro atoms. The first-order valence-electron chi connectivity index (χ1n) is 8.34. The van der Waals surface area contributed by atoms with Crippen LogP contribution < -0.4 is 16.4 Å². The maximum atomic E-state index is 12.7. The van der Waals surface area contributed by atoms with E-state index in [9.17, 15) is 14.4 Å². The van der Waals surface area contributed by atoms with Gasteiger partial charge in [0.1, 0.15) is 6.04 Å². The molecular formula is C17H22N4O4. The quantitative estimate of drug-likeness (QED) is 0.483. The number of imide groups is 1. The predicted molar refractivity (Wildman–Crippen MR) is 89.3 cm³/mol. The lowest BCUT2D eigenvalue weighted by atomic mass is 10.0. The first kappa shape index (κ1) is 17.5. The fourth-order valence-electron chi connectivity index (χ4n) is 3.20. The number of rotatable bonds is 6. The number of nitrogens with two attached hydrogens (primary N) is 1. The molecule has 0 radical (unpaired) electrons. The molecular weight excluding hydrogens is 324 g/mol. The van der Waals surface area contributed by atoms with E-state index in [-0.39, 0.29) is 30.9 Å². The van der Waals surface area contributed by atoms with Crippen molar-refractivity contribution < 1.29 is 19.5 Å². The van der Waals surface area contributed by atoms with Crippen molar-refractivity contribution >= 4 is 17.7 Å². The van der Waals surface area contributed by atoms with Crippen LogP contribution in [0.5, 0.6) is 0 Å². The molecule has 1 aromatic rings. The van der Waals surface area contributed by atoms with E-state index in [0.717, 1.165) is 11.1 Å². The highest BCUT2D eigenvalue weighted by atomic mass is 16.3. The van der Waals surface area contributed by atoms with Crippen LogP contribution in [0.25, 0.3) is 0 Å². The van der Waals surface area contributed by atoms with Gasteiger partial charge in [0.2, 0.25) is 11.8 Å². The van der Waals surface area contributed by atoms with Gasteiger partial charge in [-0.1, -0.05) is 12.1 Å². The van der Waals surface area contributed by atoms with Crippen molar-refractivity contribution in [3.8, 4) is 0 Å². The van der Waals surface area contributed by atoms with E-state index in [4.69, 9.17) is 10.8 Å². The molecule has 3 rings (SSSR count). The SMILES string of the molecule is NC[C@H](CO)NCc1ccc2c(c1)C(=O)N(C1CCC(=O)NC1=O)C2. The van der Waals surface area contributed by atoms with Crippen LogP contribution in [0.3, 0.4) is 0 Å². The zero-order valence-corrected chi connectivity index (χ0v) is 13.8. The maximum absolute atomic E-state index is 12.7. The second-order valence-corrected chi connectivity index (χ2v) is 6.39. The number of carbonyl (C=O) groups excluding carboxylic acids is 3. The van der Waals surface area contributed by atoms with Crippen LogP contribution in [0.15, 0.2) is 18.2 Å². The van der Waals surface area contributed by atoms with Crippen molar-refractivity contribution in [3.63, 3.8) is 0 Å². The molecule has 2 atom stereocenters. The summed E-state index contributed by atoms with van der Waals surface area (Å²) >= 11 is 0. The Morgan fingerprint density at radius 3 is 2.84 bits per heavy atom. The van der Waals surface area contributed by atoms with E-state index in [2.05, 4.69) is 10.6 Å². The molecule has 0 aromatic heterocycles. The minimum atomic E-state index is -0.602. The largest absolute Gasteiger partial charge is 0.395 e. The van der Waals surface area contributed by atoms with Crippen LogP contribution in [0.1, 0.15) is 34.3 Å². The van der Waals surface area contributed by atoms with Crippen LogP contribution in [-0.4, -0.2) is 53.0 Å². The van der Waals surface area contributed by atoms with Crippen LogP contribution in [0.4, 0.5) is 0 Å². The summed E-state index contributed by atoms with van der Waals surface area (Å²) in [5, 5.41) is 14.6. The average molecular weight is 346 g/mol. The molecule has 5 N–H and O–H groups in total. The van der Waals surface area contributed by atoms with Crippen LogP contribution >= 0.6 is 0 Å². The summed E-state index contributed by atoms with van der Waals surface area (Å²) in [5.41, 5.74) is 7.90. The molecule has 1 unspecified atom stereocenters. The fourth-order valence-corrected chi connectivity index (χ4v) is 3.20.